The minimum Gasteiger partial charge on any atom is -0.331 e. The van der Waals surface area contributed by atoms with Gasteiger partial charge in [-0.15, -0.1) is 0 Å². The summed E-state index contributed by atoms with van der Waals surface area (Å²) in [5.41, 5.74) is 1.09. The smallest absolute Gasteiger partial charge is 0.136 e. The second-order valence-electron chi connectivity index (χ2n) is 4.19. The Morgan fingerprint density at radius 2 is 2.23 bits per heavy atom. The van der Waals surface area contributed by atoms with Crippen LogP contribution in [0, 0.1) is 0 Å². The molecule has 1 N–H and O–H groups in total. The second kappa shape index (κ2) is 2.58. The largest absolute Gasteiger partial charge is 0.331 e. The summed E-state index contributed by atoms with van der Waals surface area (Å²) in [5.74, 6) is 1.07. The van der Waals surface area contributed by atoms with E-state index in [4.69, 9.17) is 0 Å². The number of hydrogen-bond donors (Lipinski definition) is 1. The van der Waals surface area contributed by atoms with Gasteiger partial charge in [0.05, 0.1) is 19.2 Å². The van der Waals surface area contributed by atoms with Crippen molar-refractivity contribution in [2.45, 2.75) is 32.9 Å². The Labute approximate surface area is 77.7 Å². The number of aromatic nitrogens is 2. The van der Waals surface area contributed by atoms with Crippen molar-refractivity contribution in [3.63, 3.8) is 0 Å². The van der Waals surface area contributed by atoms with Crippen molar-refractivity contribution in [2.24, 2.45) is 4.99 Å². The van der Waals surface area contributed by atoms with Gasteiger partial charge < -0.3 is 9.88 Å². The van der Waals surface area contributed by atoms with E-state index in [1.807, 2.05) is 6.33 Å². The van der Waals surface area contributed by atoms with E-state index in [0.717, 1.165) is 11.5 Å². The third-order valence-electron chi connectivity index (χ3n) is 2.10. The normalized spacial score (nSPS) is 15.3. The number of nitrogens with zero attached hydrogens (tertiary/aromatic N) is 3. The second-order valence-corrected chi connectivity index (χ2v) is 4.19. The van der Waals surface area contributed by atoms with Crippen molar-refractivity contribution >= 4 is 12.2 Å². The molecule has 0 aromatic carbocycles. The molecule has 0 aliphatic carbocycles. The molecule has 0 unspecified atom stereocenters. The minimum atomic E-state index is 0.0682. The number of imidazole rings is 1. The van der Waals surface area contributed by atoms with Crippen LogP contribution in [0.4, 0.5) is 5.82 Å². The first-order valence-electron chi connectivity index (χ1n) is 4.40. The van der Waals surface area contributed by atoms with E-state index in [9.17, 15) is 0 Å². The minimum absolute atomic E-state index is 0.0682. The highest BCUT2D eigenvalue weighted by atomic mass is 15.2. The lowest BCUT2D eigenvalue weighted by molar-refractivity contribution is 0.401. The summed E-state index contributed by atoms with van der Waals surface area (Å²) in [6.07, 6.45) is 3.60. The zero-order valence-corrected chi connectivity index (χ0v) is 8.20. The van der Waals surface area contributed by atoms with Gasteiger partial charge in [0.25, 0.3) is 0 Å². The standard InChI is InChI=1S/C9H14N4/c1-9(2,3)13-6-12-7-4-10-5-11-8(7)13/h5-6H,4H2,1-3H3,(H,10,11). The van der Waals surface area contributed by atoms with Gasteiger partial charge >= 0.3 is 0 Å². The number of anilines is 1. The topological polar surface area (TPSA) is 42.2 Å². The average Bonchev–Trinajstić information content (AvgIpc) is 2.45. The molecule has 1 aromatic rings. The van der Waals surface area contributed by atoms with Crippen molar-refractivity contribution in [3.05, 3.63) is 12.0 Å². The lowest BCUT2D eigenvalue weighted by Crippen LogP contribution is -2.23. The predicted octanol–water partition coefficient (Wildman–Crippen LogP) is 1.59. The van der Waals surface area contributed by atoms with Crippen LogP contribution in [-0.4, -0.2) is 15.9 Å². The molecule has 2 rings (SSSR count). The maximum Gasteiger partial charge on any atom is 0.136 e. The fraction of sp³-hybridized carbons (Fsp3) is 0.556. The fourth-order valence-corrected chi connectivity index (χ4v) is 1.40. The Morgan fingerprint density at radius 1 is 1.46 bits per heavy atom. The molecule has 70 valence electrons. The number of fused-ring (bicyclic) bond motifs is 1. The van der Waals surface area contributed by atoms with Gasteiger partial charge in [-0.3, -0.25) is 4.99 Å². The molecule has 0 radical (unpaired) electrons. The monoisotopic (exact) mass is 178 g/mol. The van der Waals surface area contributed by atoms with Crippen LogP contribution in [-0.2, 0) is 12.1 Å². The summed E-state index contributed by atoms with van der Waals surface area (Å²) in [4.78, 5) is 8.41. The first kappa shape index (κ1) is 8.29. The van der Waals surface area contributed by atoms with Gasteiger partial charge in [-0.05, 0) is 20.8 Å². The molecule has 4 nitrogen and oxygen atoms in total. The molecule has 1 aromatic heterocycles. The van der Waals surface area contributed by atoms with Crippen LogP contribution in [0.2, 0.25) is 0 Å². The molecule has 4 heteroatoms. The maximum absolute atomic E-state index is 4.31. The van der Waals surface area contributed by atoms with Crippen molar-refractivity contribution < 1.29 is 0 Å². The molecule has 0 bridgehead atoms. The van der Waals surface area contributed by atoms with Crippen LogP contribution >= 0.6 is 0 Å². The van der Waals surface area contributed by atoms with E-state index in [1.54, 1.807) is 6.34 Å². The molecule has 2 heterocycles. The molecule has 0 atom stereocenters. The van der Waals surface area contributed by atoms with Crippen LogP contribution in [0.15, 0.2) is 11.3 Å². The van der Waals surface area contributed by atoms with Crippen LogP contribution in [0.1, 0.15) is 26.5 Å². The van der Waals surface area contributed by atoms with Gasteiger partial charge in [-0.1, -0.05) is 0 Å². The fourth-order valence-electron chi connectivity index (χ4n) is 1.40. The summed E-state index contributed by atoms with van der Waals surface area (Å²) in [6.45, 7) is 7.15. The van der Waals surface area contributed by atoms with Gasteiger partial charge in [0.1, 0.15) is 11.5 Å². The van der Waals surface area contributed by atoms with Crippen molar-refractivity contribution in [3.8, 4) is 0 Å². The Morgan fingerprint density at radius 3 is 2.92 bits per heavy atom. The summed E-state index contributed by atoms with van der Waals surface area (Å²) in [5, 5.41) is 3.13. The highest BCUT2D eigenvalue weighted by Gasteiger charge is 2.20. The number of aliphatic imine (C=N–C) groups is 1. The quantitative estimate of drug-likeness (QED) is 0.655. The van der Waals surface area contributed by atoms with Crippen molar-refractivity contribution in [1.82, 2.24) is 9.55 Å². The van der Waals surface area contributed by atoms with Gasteiger partial charge in [0, 0.05) is 5.54 Å². The van der Waals surface area contributed by atoms with E-state index in [0.29, 0.717) is 6.54 Å². The average molecular weight is 178 g/mol. The van der Waals surface area contributed by atoms with E-state index >= 15 is 0 Å². The van der Waals surface area contributed by atoms with E-state index in [2.05, 4.69) is 40.6 Å². The van der Waals surface area contributed by atoms with Crippen molar-refractivity contribution in [2.75, 3.05) is 5.32 Å². The zero-order chi connectivity index (χ0) is 9.47. The molecule has 0 amide bonds. The molecule has 1 aliphatic rings. The molecular weight excluding hydrogens is 164 g/mol. The molecule has 0 saturated heterocycles. The molecule has 0 fully saturated rings. The molecule has 13 heavy (non-hydrogen) atoms. The first-order chi connectivity index (χ1) is 6.09. The van der Waals surface area contributed by atoms with Gasteiger partial charge in [0.2, 0.25) is 0 Å². The molecule has 0 saturated carbocycles. The van der Waals surface area contributed by atoms with Crippen LogP contribution in [0.5, 0.6) is 0 Å². The Hall–Kier alpha value is -1.32. The third-order valence-corrected chi connectivity index (χ3v) is 2.10. The Bertz CT molecular complexity index is 343. The van der Waals surface area contributed by atoms with Gasteiger partial charge in [0.15, 0.2) is 0 Å². The Kier molecular flexibility index (Phi) is 1.65. The zero-order valence-electron chi connectivity index (χ0n) is 8.20. The van der Waals surface area contributed by atoms with Crippen LogP contribution in [0.25, 0.3) is 0 Å². The summed E-state index contributed by atoms with van der Waals surface area (Å²) in [7, 11) is 0. The number of rotatable bonds is 0. The summed E-state index contributed by atoms with van der Waals surface area (Å²) < 4.78 is 2.13. The van der Waals surface area contributed by atoms with Crippen molar-refractivity contribution in [1.29, 1.82) is 0 Å². The van der Waals surface area contributed by atoms with Crippen LogP contribution < -0.4 is 5.32 Å². The van der Waals surface area contributed by atoms with Gasteiger partial charge in [-0.2, -0.15) is 0 Å². The van der Waals surface area contributed by atoms with Crippen LogP contribution in [0.3, 0.4) is 0 Å². The van der Waals surface area contributed by atoms with Gasteiger partial charge in [-0.25, -0.2) is 4.98 Å². The van der Waals surface area contributed by atoms with E-state index < -0.39 is 0 Å². The summed E-state index contributed by atoms with van der Waals surface area (Å²) >= 11 is 0. The highest BCUT2D eigenvalue weighted by Crippen LogP contribution is 2.25. The molecular formula is C9H14N4. The molecule has 1 aliphatic heterocycles. The number of hydrogen-bond acceptors (Lipinski definition) is 3. The predicted molar refractivity (Wildman–Crippen MR) is 53.0 cm³/mol. The highest BCUT2D eigenvalue weighted by molar-refractivity contribution is 5.77. The number of nitrogens with one attached hydrogen (secondary N) is 1. The Balaban J connectivity index is 2.46. The summed E-state index contributed by atoms with van der Waals surface area (Å²) in [6, 6.07) is 0. The van der Waals surface area contributed by atoms with E-state index in [1.165, 1.54) is 0 Å². The molecule has 0 spiro atoms. The van der Waals surface area contributed by atoms with E-state index in [-0.39, 0.29) is 5.54 Å². The SMILES string of the molecule is CC(C)(C)n1cnc2c1NC=NC2. The first-order valence-corrected chi connectivity index (χ1v) is 4.40. The maximum atomic E-state index is 4.31. The lowest BCUT2D eigenvalue weighted by Gasteiger charge is -2.24. The lowest BCUT2D eigenvalue weighted by atomic mass is 10.1. The third kappa shape index (κ3) is 1.32.